The Morgan fingerprint density at radius 1 is 1.11 bits per heavy atom. The molecule has 0 bridgehead atoms. The molecule has 0 amide bonds. The molecule has 0 spiro atoms. The fraction of sp³-hybridized carbons (Fsp3) is 0.182. The van der Waals surface area contributed by atoms with Gasteiger partial charge in [0.2, 0.25) is 6.79 Å². The zero-order valence-electron chi connectivity index (χ0n) is 8.91. The van der Waals surface area contributed by atoms with E-state index >= 15 is 0 Å². The first kappa shape index (κ1) is 10.9. The number of fused-ring (bicyclic) bond motifs is 2. The van der Waals surface area contributed by atoms with E-state index in [-0.39, 0.29) is 12.3 Å². The molecule has 1 aromatic heterocycles. The molecule has 0 unspecified atom stereocenters. The third-order valence-corrected chi connectivity index (χ3v) is 2.61. The van der Waals surface area contributed by atoms with Crippen molar-refractivity contribution in [1.29, 1.82) is 0 Å². The van der Waals surface area contributed by atoms with Gasteiger partial charge in [-0.25, -0.2) is 4.98 Å². The van der Waals surface area contributed by atoms with Gasteiger partial charge in [-0.05, 0) is 12.1 Å². The zero-order valence-corrected chi connectivity index (χ0v) is 8.91. The minimum absolute atomic E-state index is 0.0489. The van der Waals surface area contributed by atoms with Crippen LogP contribution in [-0.4, -0.2) is 11.8 Å². The van der Waals surface area contributed by atoms with E-state index in [1.54, 1.807) is 6.07 Å². The number of pyridine rings is 1. The number of nitrogen functional groups attached to an aromatic ring is 1. The van der Waals surface area contributed by atoms with Crippen LogP contribution in [0.1, 0.15) is 5.69 Å². The number of ether oxygens (including phenoxy) is 2. The molecule has 0 saturated carbocycles. The van der Waals surface area contributed by atoms with Gasteiger partial charge in [-0.2, -0.15) is 13.2 Å². The van der Waals surface area contributed by atoms with Gasteiger partial charge in [0, 0.05) is 11.5 Å². The molecule has 4 nitrogen and oxygen atoms in total. The number of nitrogens with zero attached hydrogens (tertiary/aromatic N) is 1. The van der Waals surface area contributed by atoms with Crippen LogP contribution in [0.5, 0.6) is 11.5 Å². The Hall–Kier alpha value is -2.18. The highest BCUT2D eigenvalue weighted by molar-refractivity contribution is 5.86. The average molecular weight is 256 g/mol. The Labute approximate surface area is 99.1 Å². The van der Waals surface area contributed by atoms with Gasteiger partial charge in [0.05, 0.1) is 11.2 Å². The lowest BCUT2D eigenvalue weighted by molar-refractivity contribution is -0.140. The third kappa shape index (κ3) is 1.59. The van der Waals surface area contributed by atoms with E-state index < -0.39 is 17.6 Å². The molecule has 7 heteroatoms. The van der Waals surface area contributed by atoms with Crippen LogP contribution in [0.15, 0.2) is 18.2 Å². The summed E-state index contributed by atoms with van der Waals surface area (Å²) in [7, 11) is 0. The third-order valence-electron chi connectivity index (χ3n) is 2.61. The second kappa shape index (κ2) is 3.41. The van der Waals surface area contributed by atoms with Gasteiger partial charge in [-0.15, -0.1) is 0 Å². The molecular formula is C11H7F3N2O2. The van der Waals surface area contributed by atoms with Crippen LogP contribution in [-0.2, 0) is 6.18 Å². The summed E-state index contributed by atoms with van der Waals surface area (Å²) in [5, 5.41) is 0.477. The summed E-state index contributed by atoms with van der Waals surface area (Å²) in [6.45, 7) is 0.0489. The average Bonchev–Trinajstić information content (AvgIpc) is 2.70. The minimum atomic E-state index is -4.57. The first-order valence-corrected chi connectivity index (χ1v) is 5.02. The summed E-state index contributed by atoms with van der Waals surface area (Å²) in [5.41, 5.74) is 4.03. The van der Waals surface area contributed by atoms with Crippen LogP contribution < -0.4 is 15.2 Å². The number of hydrogen-bond donors (Lipinski definition) is 1. The van der Waals surface area contributed by atoms with Gasteiger partial charge in [0.1, 0.15) is 0 Å². The first-order chi connectivity index (χ1) is 8.45. The monoisotopic (exact) mass is 256 g/mol. The topological polar surface area (TPSA) is 57.4 Å². The molecule has 0 fully saturated rings. The summed E-state index contributed by atoms with van der Waals surface area (Å²) < 4.78 is 48.2. The molecule has 1 aliphatic heterocycles. The molecule has 0 aliphatic carbocycles. The Bertz CT molecular complexity index is 640. The van der Waals surface area contributed by atoms with Gasteiger partial charge >= 0.3 is 6.18 Å². The van der Waals surface area contributed by atoms with Crippen molar-refractivity contribution in [2.24, 2.45) is 0 Å². The van der Waals surface area contributed by atoms with E-state index in [0.29, 0.717) is 16.9 Å². The summed E-state index contributed by atoms with van der Waals surface area (Å²) >= 11 is 0. The summed E-state index contributed by atoms with van der Waals surface area (Å²) in [6, 6.07) is 4.20. The van der Waals surface area contributed by atoms with Gasteiger partial charge < -0.3 is 15.2 Å². The Morgan fingerprint density at radius 3 is 2.44 bits per heavy atom. The molecule has 2 heterocycles. The van der Waals surface area contributed by atoms with Crippen LogP contribution in [0.2, 0.25) is 0 Å². The molecule has 2 aromatic rings. The number of aromatic nitrogens is 1. The van der Waals surface area contributed by atoms with E-state index in [1.165, 1.54) is 12.1 Å². The molecule has 0 saturated heterocycles. The van der Waals surface area contributed by atoms with E-state index in [9.17, 15) is 13.2 Å². The Kier molecular flexibility index (Phi) is 2.07. The lowest BCUT2D eigenvalue weighted by Gasteiger charge is -2.10. The molecule has 3 rings (SSSR count). The van der Waals surface area contributed by atoms with Crippen molar-refractivity contribution in [3.05, 3.63) is 23.9 Å². The molecular weight excluding hydrogens is 249 g/mol. The Balaban J connectivity index is 2.26. The predicted molar refractivity (Wildman–Crippen MR) is 57.3 cm³/mol. The fourth-order valence-corrected chi connectivity index (χ4v) is 1.81. The van der Waals surface area contributed by atoms with Crippen molar-refractivity contribution in [3.63, 3.8) is 0 Å². The highest BCUT2D eigenvalue weighted by Crippen LogP contribution is 2.39. The van der Waals surface area contributed by atoms with Crippen LogP contribution in [0.4, 0.5) is 18.9 Å². The van der Waals surface area contributed by atoms with Gasteiger partial charge in [0.25, 0.3) is 0 Å². The molecule has 18 heavy (non-hydrogen) atoms. The maximum absolute atomic E-state index is 12.7. The molecule has 1 aromatic carbocycles. The van der Waals surface area contributed by atoms with Gasteiger partial charge in [-0.1, -0.05) is 0 Å². The van der Waals surface area contributed by atoms with Gasteiger partial charge in [-0.3, -0.25) is 0 Å². The van der Waals surface area contributed by atoms with E-state index in [4.69, 9.17) is 15.2 Å². The molecule has 0 atom stereocenters. The van der Waals surface area contributed by atoms with Crippen LogP contribution in [0, 0.1) is 0 Å². The van der Waals surface area contributed by atoms with Crippen molar-refractivity contribution in [1.82, 2.24) is 4.98 Å². The lowest BCUT2D eigenvalue weighted by atomic mass is 10.1. The number of rotatable bonds is 0. The number of hydrogen-bond acceptors (Lipinski definition) is 4. The normalized spacial score (nSPS) is 14.2. The number of alkyl halides is 3. The second-order valence-electron chi connectivity index (χ2n) is 3.82. The molecule has 94 valence electrons. The second-order valence-corrected chi connectivity index (χ2v) is 3.82. The van der Waals surface area contributed by atoms with Crippen LogP contribution in [0.25, 0.3) is 10.9 Å². The van der Waals surface area contributed by atoms with Crippen molar-refractivity contribution in [3.8, 4) is 11.5 Å². The van der Waals surface area contributed by atoms with Crippen molar-refractivity contribution < 1.29 is 22.6 Å². The summed E-state index contributed by atoms with van der Waals surface area (Å²) in [5.74, 6) is 0.858. The lowest BCUT2D eigenvalue weighted by Crippen LogP contribution is -2.11. The molecule has 1 aliphatic rings. The maximum atomic E-state index is 12.7. The van der Waals surface area contributed by atoms with Gasteiger partial charge in [0.15, 0.2) is 17.2 Å². The number of benzene rings is 1. The zero-order chi connectivity index (χ0) is 12.9. The standard InChI is InChI=1S/C11H7F3N2O2/c12-11(13,14)10-6(15)1-5-2-8-9(18-4-17-8)3-7(5)16-10/h1-3H,4,15H2. The van der Waals surface area contributed by atoms with Crippen molar-refractivity contribution >= 4 is 16.6 Å². The maximum Gasteiger partial charge on any atom is 0.435 e. The summed E-state index contributed by atoms with van der Waals surface area (Å²) in [6.07, 6.45) is -4.57. The summed E-state index contributed by atoms with van der Waals surface area (Å²) in [4.78, 5) is 3.54. The first-order valence-electron chi connectivity index (χ1n) is 5.02. The smallest absolute Gasteiger partial charge is 0.435 e. The van der Waals surface area contributed by atoms with Crippen molar-refractivity contribution in [2.45, 2.75) is 6.18 Å². The number of anilines is 1. The fourth-order valence-electron chi connectivity index (χ4n) is 1.81. The number of nitrogens with two attached hydrogens (primary N) is 1. The minimum Gasteiger partial charge on any atom is -0.454 e. The SMILES string of the molecule is Nc1cc2cc3c(cc2nc1C(F)(F)F)OCO3. The van der Waals surface area contributed by atoms with E-state index in [1.807, 2.05) is 0 Å². The largest absolute Gasteiger partial charge is 0.454 e. The highest BCUT2D eigenvalue weighted by atomic mass is 19.4. The predicted octanol–water partition coefficient (Wildman–Crippen LogP) is 2.56. The van der Waals surface area contributed by atoms with E-state index in [0.717, 1.165) is 0 Å². The van der Waals surface area contributed by atoms with Crippen LogP contribution >= 0.6 is 0 Å². The van der Waals surface area contributed by atoms with Crippen molar-refractivity contribution in [2.75, 3.05) is 12.5 Å². The number of halogens is 3. The highest BCUT2D eigenvalue weighted by Gasteiger charge is 2.35. The molecule has 2 N–H and O–H groups in total. The van der Waals surface area contributed by atoms with Crippen LogP contribution in [0.3, 0.4) is 0 Å². The molecule has 0 radical (unpaired) electrons. The van der Waals surface area contributed by atoms with E-state index in [2.05, 4.69) is 4.98 Å². The quantitative estimate of drug-likeness (QED) is 0.787. The Morgan fingerprint density at radius 2 is 1.78 bits per heavy atom.